The number of carbonyl (C=O) groups excluding carboxylic acids is 1. The number of para-hydroxylation sites is 2. The minimum Gasteiger partial charge on any atom is -0.492 e. The largest absolute Gasteiger partial charge is 0.492 e. The molecule has 0 unspecified atom stereocenters. The topological polar surface area (TPSA) is 44.8 Å². The highest BCUT2D eigenvalue weighted by molar-refractivity contribution is 6.30. The van der Waals surface area contributed by atoms with Crippen molar-refractivity contribution >= 4 is 23.3 Å². The van der Waals surface area contributed by atoms with Crippen LogP contribution in [0.3, 0.4) is 0 Å². The van der Waals surface area contributed by atoms with E-state index < -0.39 is 0 Å². The Hall–Kier alpha value is -2.24. The first-order valence-corrected chi connectivity index (χ1v) is 9.78. The maximum Gasteiger partial charge on any atom is 0.322 e. The van der Waals surface area contributed by atoms with Crippen LogP contribution >= 0.6 is 11.6 Å². The van der Waals surface area contributed by atoms with Crippen molar-refractivity contribution in [2.45, 2.75) is 13.3 Å². The van der Waals surface area contributed by atoms with Gasteiger partial charge in [-0.1, -0.05) is 35.9 Å². The predicted octanol–water partition coefficient (Wildman–Crippen LogP) is 4.13. The van der Waals surface area contributed by atoms with Crippen LogP contribution < -0.4 is 10.1 Å². The minimum absolute atomic E-state index is 0.0726. The number of amides is 2. The fourth-order valence-electron chi connectivity index (χ4n) is 3.20. The Morgan fingerprint density at radius 1 is 1.11 bits per heavy atom. The summed E-state index contributed by atoms with van der Waals surface area (Å²) in [5.74, 6) is 0.702. The smallest absolute Gasteiger partial charge is 0.322 e. The summed E-state index contributed by atoms with van der Waals surface area (Å²) in [6.45, 7) is 6.67. The Morgan fingerprint density at radius 2 is 1.89 bits per heavy atom. The molecule has 1 aliphatic heterocycles. The predicted molar refractivity (Wildman–Crippen MR) is 110 cm³/mol. The van der Waals surface area contributed by atoms with Gasteiger partial charge in [-0.15, -0.1) is 0 Å². The molecule has 2 aromatic rings. The van der Waals surface area contributed by atoms with E-state index in [0.29, 0.717) is 18.0 Å². The molecule has 1 fully saturated rings. The Bertz CT molecular complexity index is 761. The Balaban J connectivity index is 1.46. The lowest BCUT2D eigenvalue weighted by Crippen LogP contribution is -2.50. The van der Waals surface area contributed by atoms with Gasteiger partial charge in [0.25, 0.3) is 0 Å². The molecule has 0 atom stereocenters. The molecule has 2 aromatic carbocycles. The maximum atomic E-state index is 12.6. The van der Waals surface area contributed by atoms with Gasteiger partial charge in [-0.25, -0.2) is 4.79 Å². The van der Waals surface area contributed by atoms with Gasteiger partial charge in [-0.2, -0.15) is 0 Å². The fraction of sp³-hybridized carbons (Fsp3) is 0.381. The first-order valence-electron chi connectivity index (χ1n) is 9.40. The molecular formula is C21H26ClN3O2. The number of halogens is 1. The second kappa shape index (κ2) is 9.62. The van der Waals surface area contributed by atoms with E-state index in [9.17, 15) is 4.79 Å². The Morgan fingerprint density at radius 3 is 2.63 bits per heavy atom. The summed E-state index contributed by atoms with van der Waals surface area (Å²) >= 11 is 6.04. The standard InChI is InChI=1S/C21H26ClN3O2/c1-2-27-20-9-4-3-8-19(20)23-21(26)25-14-12-24(13-15-25)11-10-17-6-5-7-18(22)16-17/h3-9,16H,2,10-15H2,1H3,(H,23,26). The summed E-state index contributed by atoms with van der Waals surface area (Å²) in [7, 11) is 0. The molecule has 0 radical (unpaired) electrons. The van der Waals surface area contributed by atoms with Gasteiger partial charge in [0.2, 0.25) is 0 Å². The molecule has 144 valence electrons. The van der Waals surface area contributed by atoms with Gasteiger partial charge in [0.1, 0.15) is 5.75 Å². The SMILES string of the molecule is CCOc1ccccc1NC(=O)N1CCN(CCc2cccc(Cl)c2)CC1. The van der Waals surface area contributed by atoms with Crippen LogP contribution in [0.25, 0.3) is 0 Å². The van der Waals surface area contributed by atoms with Crippen molar-refractivity contribution < 1.29 is 9.53 Å². The molecule has 27 heavy (non-hydrogen) atoms. The van der Waals surface area contributed by atoms with Crippen LogP contribution in [0.5, 0.6) is 5.75 Å². The molecule has 0 spiro atoms. The average molecular weight is 388 g/mol. The number of ether oxygens (including phenoxy) is 1. The molecule has 0 bridgehead atoms. The molecule has 2 amide bonds. The molecule has 1 saturated heterocycles. The fourth-order valence-corrected chi connectivity index (χ4v) is 3.41. The van der Waals surface area contributed by atoms with E-state index in [2.05, 4.69) is 16.3 Å². The molecule has 1 N–H and O–H groups in total. The summed E-state index contributed by atoms with van der Waals surface area (Å²) in [5.41, 5.74) is 1.96. The van der Waals surface area contributed by atoms with Crippen LogP contribution in [-0.4, -0.2) is 55.2 Å². The van der Waals surface area contributed by atoms with E-state index in [0.717, 1.165) is 44.2 Å². The van der Waals surface area contributed by atoms with Gasteiger partial charge >= 0.3 is 6.03 Å². The van der Waals surface area contributed by atoms with Crippen molar-refractivity contribution in [3.63, 3.8) is 0 Å². The zero-order valence-corrected chi connectivity index (χ0v) is 16.4. The molecular weight excluding hydrogens is 362 g/mol. The summed E-state index contributed by atoms with van der Waals surface area (Å²) in [5, 5.41) is 3.75. The number of hydrogen-bond acceptors (Lipinski definition) is 3. The zero-order chi connectivity index (χ0) is 19.1. The molecule has 1 heterocycles. The van der Waals surface area contributed by atoms with Gasteiger partial charge in [-0.3, -0.25) is 4.90 Å². The number of nitrogens with one attached hydrogen (secondary N) is 1. The number of anilines is 1. The van der Waals surface area contributed by atoms with Crippen molar-refractivity contribution in [2.24, 2.45) is 0 Å². The molecule has 6 heteroatoms. The molecule has 0 aromatic heterocycles. The number of nitrogens with zero attached hydrogens (tertiary/aromatic N) is 2. The normalized spacial score (nSPS) is 14.8. The highest BCUT2D eigenvalue weighted by Crippen LogP contribution is 2.24. The van der Waals surface area contributed by atoms with Crippen molar-refractivity contribution in [3.8, 4) is 5.75 Å². The van der Waals surface area contributed by atoms with E-state index in [4.69, 9.17) is 16.3 Å². The van der Waals surface area contributed by atoms with Crippen molar-refractivity contribution in [2.75, 3.05) is 44.6 Å². The lowest BCUT2D eigenvalue weighted by molar-refractivity contribution is 0.148. The van der Waals surface area contributed by atoms with Crippen molar-refractivity contribution in [1.82, 2.24) is 9.80 Å². The van der Waals surface area contributed by atoms with Crippen LogP contribution in [0.1, 0.15) is 12.5 Å². The minimum atomic E-state index is -0.0726. The van der Waals surface area contributed by atoms with E-state index in [1.54, 1.807) is 0 Å². The van der Waals surface area contributed by atoms with E-state index in [1.807, 2.05) is 54.3 Å². The third kappa shape index (κ3) is 5.62. The number of piperazine rings is 1. The summed E-state index contributed by atoms with van der Waals surface area (Å²) < 4.78 is 5.57. The van der Waals surface area contributed by atoms with Gasteiger partial charge < -0.3 is 15.0 Å². The van der Waals surface area contributed by atoms with Gasteiger partial charge in [0.15, 0.2) is 0 Å². The number of urea groups is 1. The third-order valence-corrected chi connectivity index (χ3v) is 4.93. The lowest BCUT2D eigenvalue weighted by atomic mass is 10.1. The quantitative estimate of drug-likeness (QED) is 0.810. The van der Waals surface area contributed by atoms with Crippen LogP contribution in [0, 0.1) is 0 Å². The van der Waals surface area contributed by atoms with Crippen LogP contribution in [0.2, 0.25) is 5.02 Å². The first-order chi connectivity index (χ1) is 13.2. The van der Waals surface area contributed by atoms with Crippen LogP contribution in [-0.2, 0) is 6.42 Å². The first kappa shape index (κ1) is 19.5. The van der Waals surface area contributed by atoms with E-state index in [-0.39, 0.29) is 6.03 Å². The zero-order valence-electron chi connectivity index (χ0n) is 15.7. The van der Waals surface area contributed by atoms with Crippen LogP contribution in [0.4, 0.5) is 10.5 Å². The Labute approximate surface area is 165 Å². The number of benzene rings is 2. The van der Waals surface area contributed by atoms with Gasteiger partial charge in [0, 0.05) is 37.7 Å². The molecule has 0 aliphatic carbocycles. The number of rotatable bonds is 6. The Kier molecular flexibility index (Phi) is 6.96. The highest BCUT2D eigenvalue weighted by Gasteiger charge is 2.21. The van der Waals surface area contributed by atoms with Crippen molar-refractivity contribution in [3.05, 3.63) is 59.1 Å². The van der Waals surface area contributed by atoms with Crippen molar-refractivity contribution in [1.29, 1.82) is 0 Å². The molecule has 1 aliphatic rings. The van der Waals surface area contributed by atoms with Gasteiger partial charge in [0.05, 0.1) is 12.3 Å². The second-order valence-electron chi connectivity index (χ2n) is 6.57. The third-order valence-electron chi connectivity index (χ3n) is 4.69. The molecule has 0 saturated carbocycles. The summed E-state index contributed by atoms with van der Waals surface area (Å²) in [6.07, 6.45) is 0.967. The van der Waals surface area contributed by atoms with E-state index >= 15 is 0 Å². The monoisotopic (exact) mass is 387 g/mol. The summed E-state index contributed by atoms with van der Waals surface area (Å²) in [4.78, 5) is 16.8. The molecule has 5 nitrogen and oxygen atoms in total. The highest BCUT2D eigenvalue weighted by atomic mass is 35.5. The van der Waals surface area contributed by atoms with Gasteiger partial charge in [-0.05, 0) is 43.2 Å². The lowest BCUT2D eigenvalue weighted by Gasteiger charge is -2.34. The van der Waals surface area contributed by atoms with Crippen LogP contribution in [0.15, 0.2) is 48.5 Å². The summed E-state index contributed by atoms with van der Waals surface area (Å²) in [6, 6.07) is 15.5. The van der Waals surface area contributed by atoms with E-state index in [1.165, 1.54) is 5.56 Å². The second-order valence-corrected chi connectivity index (χ2v) is 7.00. The number of hydrogen-bond donors (Lipinski definition) is 1. The average Bonchev–Trinajstić information content (AvgIpc) is 2.68. The maximum absolute atomic E-state index is 12.6. The molecule has 3 rings (SSSR count). The number of carbonyl (C=O) groups is 1.